The number of hydrogen-bond acceptors (Lipinski definition) is 2. The molecule has 1 aliphatic heterocycles. The Morgan fingerprint density at radius 2 is 2.00 bits per heavy atom. The minimum atomic E-state index is 0.222. The monoisotopic (exact) mass is 285 g/mol. The Morgan fingerprint density at radius 3 is 2.86 bits per heavy atom. The standard InChI is InChI=1S/C19H27NO/c1-19(2)11-10-18(21)16(13-19)14-20-12-6-5-8-15-7-3-4-9-17(15)20/h3-4,7,9,16H,5-6,8,10-14H2,1-2H3. The molecule has 0 saturated heterocycles. The molecule has 1 saturated carbocycles. The van der Waals surface area contributed by atoms with Crippen LogP contribution in [0.25, 0.3) is 0 Å². The first-order valence-electron chi connectivity index (χ1n) is 8.41. The molecule has 1 aliphatic carbocycles. The van der Waals surface area contributed by atoms with Gasteiger partial charge >= 0.3 is 0 Å². The minimum Gasteiger partial charge on any atom is -0.371 e. The van der Waals surface area contributed by atoms with Crippen molar-refractivity contribution in [2.45, 2.75) is 52.4 Å². The van der Waals surface area contributed by atoms with Crippen molar-refractivity contribution in [3.05, 3.63) is 29.8 Å². The molecule has 0 spiro atoms. The van der Waals surface area contributed by atoms with E-state index in [0.29, 0.717) is 11.2 Å². The molecule has 3 rings (SSSR count). The lowest BCUT2D eigenvalue weighted by atomic mass is 9.71. The molecule has 1 heterocycles. The van der Waals surface area contributed by atoms with Crippen LogP contribution >= 0.6 is 0 Å². The normalized spacial score (nSPS) is 25.3. The Morgan fingerprint density at radius 1 is 1.19 bits per heavy atom. The maximum absolute atomic E-state index is 12.3. The number of carbonyl (C=O) groups excluding carboxylic acids is 1. The lowest BCUT2D eigenvalue weighted by Crippen LogP contribution is -2.39. The Kier molecular flexibility index (Phi) is 4.05. The molecule has 1 fully saturated rings. The average molecular weight is 285 g/mol. The SMILES string of the molecule is CC1(C)CCC(=O)C(CN2CCCCc3ccccc32)C1. The van der Waals surface area contributed by atoms with Crippen molar-refractivity contribution in [3.63, 3.8) is 0 Å². The topological polar surface area (TPSA) is 20.3 Å². The number of carbonyl (C=O) groups is 1. The van der Waals surface area contributed by atoms with Crippen LogP contribution < -0.4 is 4.90 Å². The van der Waals surface area contributed by atoms with E-state index in [1.165, 1.54) is 30.5 Å². The van der Waals surface area contributed by atoms with Crippen molar-refractivity contribution in [1.29, 1.82) is 0 Å². The molecular formula is C19H27NO. The molecule has 21 heavy (non-hydrogen) atoms. The number of ketones is 1. The van der Waals surface area contributed by atoms with Crippen LogP contribution in [0.2, 0.25) is 0 Å². The van der Waals surface area contributed by atoms with Gasteiger partial charge in [0.05, 0.1) is 0 Å². The molecule has 0 aromatic heterocycles. The number of fused-ring (bicyclic) bond motifs is 1. The molecule has 1 aromatic rings. The van der Waals surface area contributed by atoms with Gasteiger partial charge in [-0.15, -0.1) is 0 Å². The first kappa shape index (κ1) is 14.6. The number of para-hydroxylation sites is 1. The summed E-state index contributed by atoms with van der Waals surface area (Å²) in [4.78, 5) is 14.8. The summed E-state index contributed by atoms with van der Waals surface area (Å²) in [6, 6.07) is 8.75. The molecule has 114 valence electrons. The number of Topliss-reactive ketones (excluding diaryl/α,β-unsaturated/α-hetero) is 1. The predicted octanol–water partition coefficient (Wildman–Crippen LogP) is 4.22. The zero-order valence-electron chi connectivity index (χ0n) is 13.4. The van der Waals surface area contributed by atoms with Crippen molar-refractivity contribution < 1.29 is 4.79 Å². The molecule has 1 unspecified atom stereocenters. The second kappa shape index (κ2) is 5.82. The fraction of sp³-hybridized carbons (Fsp3) is 0.632. The second-order valence-electron chi connectivity index (χ2n) is 7.56. The van der Waals surface area contributed by atoms with E-state index in [1.54, 1.807) is 0 Å². The third-order valence-electron chi connectivity index (χ3n) is 5.20. The zero-order valence-corrected chi connectivity index (χ0v) is 13.4. The van der Waals surface area contributed by atoms with Gasteiger partial charge in [0.25, 0.3) is 0 Å². The number of hydrogen-bond donors (Lipinski definition) is 0. The van der Waals surface area contributed by atoms with Crippen molar-refractivity contribution >= 4 is 11.5 Å². The van der Waals surface area contributed by atoms with Gasteiger partial charge in [0.1, 0.15) is 5.78 Å². The fourth-order valence-corrected chi connectivity index (χ4v) is 3.94. The Balaban J connectivity index is 1.79. The Hall–Kier alpha value is -1.31. The Bertz CT molecular complexity index is 520. The maximum Gasteiger partial charge on any atom is 0.137 e. The molecular weight excluding hydrogens is 258 g/mol. The number of anilines is 1. The van der Waals surface area contributed by atoms with E-state index < -0.39 is 0 Å². The maximum atomic E-state index is 12.3. The molecule has 0 radical (unpaired) electrons. The summed E-state index contributed by atoms with van der Waals surface area (Å²) >= 11 is 0. The molecule has 2 aliphatic rings. The molecule has 0 amide bonds. The van der Waals surface area contributed by atoms with Crippen molar-refractivity contribution in [2.24, 2.45) is 11.3 Å². The van der Waals surface area contributed by atoms with Crippen LogP contribution in [0.3, 0.4) is 0 Å². The summed E-state index contributed by atoms with van der Waals surface area (Å²) in [5.74, 6) is 0.705. The van der Waals surface area contributed by atoms with Gasteiger partial charge in [-0.1, -0.05) is 32.0 Å². The van der Waals surface area contributed by atoms with Gasteiger partial charge < -0.3 is 4.90 Å². The zero-order chi connectivity index (χ0) is 14.9. The fourth-order valence-electron chi connectivity index (χ4n) is 3.94. The first-order valence-corrected chi connectivity index (χ1v) is 8.41. The van der Waals surface area contributed by atoms with E-state index in [4.69, 9.17) is 0 Å². The van der Waals surface area contributed by atoms with E-state index in [0.717, 1.165) is 32.4 Å². The van der Waals surface area contributed by atoms with Crippen LogP contribution in [0.15, 0.2) is 24.3 Å². The number of rotatable bonds is 2. The van der Waals surface area contributed by atoms with Crippen molar-refractivity contribution in [2.75, 3.05) is 18.0 Å². The third kappa shape index (κ3) is 3.30. The van der Waals surface area contributed by atoms with Crippen LogP contribution in [-0.2, 0) is 11.2 Å². The van der Waals surface area contributed by atoms with Gasteiger partial charge in [0.15, 0.2) is 0 Å². The predicted molar refractivity (Wildman–Crippen MR) is 87.7 cm³/mol. The van der Waals surface area contributed by atoms with E-state index >= 15 is 0 Å². The minimum absolute atomic E-state index is 0.222. The summed E-state index contributed by atoms with van der Waals surface area (Å²) < 4.78 is 0. The highest BCUT2D eigenvalue weighted by Gasteiger charge is 2.34. The lowest BCUT2D eigenvalue weighted by molar-refractivity contribution is -0.126. The van der Waals surface area contributed by atoms with E-state index in [1.807, 2.05) is 0 Å². The molecule has 2 nitrogen and oxygen atoms in total. The summed E-state index contributed by atoms with van der Waals surface area (Å²) in [7, 11) is 0. The highest BCUT2D eigenvalue weighted by molar-refractivity contribution is 5.82. The van der Waals surface area contributed by atoms with Gasteiger partial charge in [-0.3, -0.25) is 4.79 Å². The third-order valence-corrected chi connectivity index (χ3v) is 5.20. The highest BCUT2D eigenvalue weighted by Crippen LogP contribution is 2.38. The summed E-state index contributed by atoms with van der Waals surface area (Å²) in [5, 5.41) is 0. The van der Waals surface area contributed by atoms with Gasteiger partial charge in [0, 0.05) is 31.1 Å². The number of aryl methyl sites for hydroxylation is 1. The van der Waals surface area contributed by atoms with Crippen LogP contribution in [0.5, 0.6) is 0 Å². The summed E-state index contributed by atoms with van der Waals surface area (Å²) in [5.41, 5.74) is 3.15. The van der Waals surface area contributed by atoms with E-state index in [9.17, 15) is 4.79 Å². The quantitative estimate of drug-likeness (QED) is 0.810. The molecule has 1 atom stereocenters. The molecule has 0 N–H and O–H groups in total. The summed E-state index contributed by atoms with van der Waals surface area (Å²) in [6.45, 7) is 6.63. The molecule has 2 heteroatoms. The summed E-state index contributed by atoms with van der Waals surface area (Å²) in [6.07, 6.45) is 6.55. The van der Waals surface area contributed by atoms with Crippen molar-refractivity contribution in [3.8, 4) is 0 Å². The Labute approximate surface area is 128 Å². The van der Waals surface area contributed by atoms with E-state index in [2.05, 4.69) is 43.0 Å². The van der Waals surface area contributed by atoms with Crippen LogP contribution in [0.4, 0.5) is 5.69 Å². The second-order valence-corrected chi connectivity index (χ2v) is 7.56. The van der Waals surface area contributed by atoms with Gasteiger partial charge in [-0.25, -0.2) is 0 Å². The highest BCUT2D eigenvalue weighted by atomic mass is 16.1. The van der Waals surface area contributed by atoms with Gasteiger partial charge in [-0.2, -0.15) is 0 Å². The van der Waals surface area contributed by atoms with Crippen molar-refractivity contribution in [1.82, 2.24) is 0 Å². The average Bonchev–Trinajstić information content (AvgIpc) is 2.66. The van der Waals surface area contributed by atoms with Gasteiger partial charge in [0.2, 0.25) is 0 Å². The lowest BCUT2D eigenvalue weighted by Gasteiger charge is -2.37. The van der Waals surface area contributed by atoms with Crippen LogP contribution in [0.1, 0.15) is 51.5 Å². The van der Waals surface area contributed by atoms with Crippen LogP contribution in [-0.4, -0.2) is 18.9 Å². The largest absolute Gasteiger partial charge is 0.371 e. The molecule has 0 bridgehead atoms. The number of nitrogens with zero attached hydrogens (tertiary/aromatic N) is 1. The van der Waals surface area contributed by atoms with Crippen LogP contribution in [0, 0.1) is 11.3 Å². The first-order chi connectivity index (χ1) is 10.1. The van der Waals surface area contributed by atoms with E-state index in [-0.39, 0.29) is 5.92 Å². The number of benzene rings is 1. The molecule has 1 aromatic carbocycles. The smallest absolute Gasteiger partial charge is 0.137 e. The van der Waals surface area contributed by atoms with Gasteiger partial charge in [-0.05, 0) is 49.1 Å².